The van der Waals surface area contributed by atoms with E-state index >= 15 is 0 Å². The van der Waals surface area contributed by atoms with Gasteiger partial charge in [0.25, 0.3) is 5.91 Å². The predicted octanol–water partition coefficient (Wildman–Crippen LogP) is 1.83. The molecule has 2 aromatic rings. The Hall–Kier alpha value is -2.20. The average molecular weight is 454 g/mol. The van der Waals surface area contributed by atoms with Gasteiger partial charge in [-0.05, 0) is 43.9 Å². The summed E-state index contributed by atoms with van der Waals surface area (Å²) in [6.07, 6.45) is 1.74. The van der Waals surface area contributed by atoms with Crippen LogP contribution >= 0.6 is 11.3 Å². The number of thiazole rings is 1. The maximum Gasteiger partial charge on any atom is 0.263 e. The number of piperidine rings is 1. The fourth-order valence-corrected chi connectivity index (χ4v) is 5.73. The maximum absolute atomic E-state index is 12.4. The average Bonchev–Trinajstić information content (AvgIpc) is 3.03. The number of amides is 2. The van der Waals surface area contributed by atoms with Gasteiger partial charge in [-0.25, -0.2) is 8.42 Å². The Labute approximate surface area is 180 Å². The molecule has 0 saturated carbocycles. The largest absolute Gasteiger partial charge is 0.497 e. The Morgan fingerprint density at radius 2 is 1.93 bits per heavy atom. The lowest BCUT2D eigenvalue weighted by atomic mass is 9.99. The highest BCUT2D eigenvalue weighted by Gasteiger charge is 2.26. The third-order valence-corrected chi connectivity index (χ3v) is 7.66. The molecule has 1 saturated heterocycles. The molecule has 10 heteroatoms. The Morgan fingerprint density at radius 3 is 2.57 bits per heavy atom. The molecule has 0 unspecified atom stereocenters. The topological polar surface area (TPSA) is 98.0 Å². The normalized spacial score (nSPS) is 16.2. The van der Waals surface area contributed by atoms with Crippen molar-refractivity contribution in [2.24, 2.45) is 10.9 Å². The van der Waals surface area contributed by atoms with Crippen molar-refractivity contribution in [2.75, 3.05) is 31.7 Å². The third-order valence-electron chi connectivity index (χ3n) is 5.25. The van der Waals surface area contributed by atoms with E-state index in [1.807, 2.05) is 29.7 Å². The lowest BCUT2D eigenvalue weighted by Gasteiger charge is -2.30. The van der Waals surface area contributed by atoms with Gasteiger partial charge in [-0.1, -0.05) is 18.3 Å². The molecule has 1 aliphatic rings. The highest BCUT2D eigenvalue weighted by molar-refractivity contribution is 7.92. The zero-order chi connectivity index (χ0) is 21.9. The Bertz CT molecular complexity index is 1110. The number of likely N-dealkylation sites (tertiary alicyclic amines) is 1. The van der Waals surface area contributed by atoms with Crippen LogP contribution < -0.4 is 9.54 Å². The minimum Gasteiger partial charge on any atom is -0.497 e. The van der Waals surface area contributed by atoms with Gasteiger partial charge in [-0.15, -0.1) is 0 Å². The van der Waals surface area contributed by atoms with E-state index in [1.54, 1.807) is 12.0 Å². The standard InChI is InChI=1S/C20H27N3O5S2/c1-4-23-16-6-5-15(28-3)11-17(16)29-20(23)21-18(24)12-30(26,27)13-19(25)22-9-7-14(2)8-10-22/h5-6,11,14H,4,7-10,12-13H2,1-3H3. The second-order valence-corrected chi connectivity index (χ2v) is 10.6. The Morgan fingerprint density at radius 1 is 1.23 bits per heavy atom. The number of hydrogen-bond donors (Lipinski definition) is 0. The molecule has 3 rings (SSSR count). The molecule has 0 radical (unpaired) electrons. The summed E-state index contributed by atoms with van der Waals surface area (Å²) in [5, 5.41) is 0. The molecule has 1 aromatic carbocycles. The monoisotopic (exact) mass is 453 g/mol. The molecule has 2 heterocycles. The van der Waals surface area contributed by atoms with Crippen molar-refractivity contribution < 1.29 is 22.7 Å². The van der Waals surface area contributed by atoms with E-state index in [2.05, 4.69) is 11.9 Å². The molecular formula is C20H27N3O5S2. The van der Waals surface area contributed by atoms with Gasteiger partial charge in [-0.3, -0.25) is 9.59 Å². The van der Waals surface area contributed by atoms with Gasteiger partial charge < -0.3 is 14.2 Å². The van der Waals surface area contributed by atoms with Crippen LogP contribution in [-0.4, -0.2) is 61.4 Å². The Kier molecular flexibility index (Phi) is 6.97. The number of fused-ring (bicyclic) bond motifs is 1. The number of carbonyl (C=O) groups excluding carboxylic acids is 2. The second-order valence-electron chi connectivity index (χ2n) is 7.56. The minimum atomic E-state index is -3.88. The first-order valence-corrected chi connectivity index (χ1v) is 12.6. The summed E-state index contributed by atoms with van der Waals surface area (Å²) in [6.45, 7) is 5.75. The van der Waals surface area contributed by atoms with Crippen LogP contribution in [0, 0.1) is 5.92 Å². The van der Waals surface area contributed by atoms with Gasteiger partial charge in [0.2, 0.25) is 5.91 Å². The molecular weight excluding hydrogens is 426 g/mol. The van der Waals surface area contributed by atoms with E-state index < -0.39 is 33.2 Å². The molecule has 30 heavy (non-hydrogen) atoms. The van der Waals surface area contributed by atoms with E-state index in [-0.39, 0.29) is 0 Å². The van der Waals surface area contributed by atoms with Crippen LogP contribution in [0.15, 0.2) is 23.2 Å². The van der Waals surface area contributed by atoms with E-state index in [9.17, 15) is 18.0 Å². The molecule has 0 aliphatic carbocycles. The fourth-order valence-electron chi connectivity index (χ4n) is 3.49. The molecule has 0 bridgehead atoms. The summed E-state index contributed by atoms with van der Waals surface area (Å²) >= 11 is 1.29. The molecule has 164 valence electrons. The molecule has 0 atom stereocenters. The summed E-state index contributed by atoms with van der Waals surface area (Å²) in [4.78, 5) is 30.8. The summed E-state index contributed by atoms with van der Waals surface area (Å²) in [5.74, 6) is -1.40. The number of rotatable bonds is 6. The first-order chi connectivity index (χ1) is 14.2. The molecule has 1 aliphatic heterocycles. The van der Waals surface area contributed by atoms with E-state index in [0.29, 0.717) is 36.1 Å². The van der Waals surface area contributed by atoms with E-state index in [4.69, 9.17) is 4.74 Å². The first-order valence-electron chi connectivity index (χ1n) is 9.95. The van der Waals surface area contributed by atoms with Crippen LogP contribution in [-0.2, 0) is 26.0 Å². The molecule has 8 nitrogen and oxygen atoms in total. The quantitative estimate of drug-likeness (QED) is 0.665. The van der Waals surface area contributed by atoms with E-state index in [0.717, 1.165) is 23.1 Å². The van der Waals surface area contributed by atoms with Crippen molar-refractivity contribution >= 4 is 43.2 Å². The third kappa shape index (κ3) is 5.28. The van der Waals surface area contributed by atoms with Crippen molar-refractivity contribution in [3.05, 3.63) is 23.0 Å². The van der Waals surface area contributed by atoms with Gasteiger partial charge in [0.15, 0.2) is 14.6 Å². The predicted molar refractivity (Wildman–Crippen MR) is 116 cm³/mol. The second kappa shape index (κ2) is 9.30. The maximum atomic E-state index is 12.4. The summed E-state index contributed by atoms with van der Waals surface area (Å²) in [5.41, 5.74) is 0.896. The van der Waals surface area contributed by atoms with Crippen LogP contribution in [0.1, 0.15) is 26.7 Å². The van der Waals surface area contributed by atoms with Crippen LogP contribution in [0.4, 0.5) is 0 Å². The van der Waals surface area contributed by atoms with Crippen molar-refractivity contribution in [1.29, 1.82) is 0 Å². The van der Waals surface area contributed by atoms with Crippen molar-refractivity contribution in [2.45, 2.75) is 33.2 Å². The molecule has 1 fully saturated rings. The van der Waals surface area contributed by atoms with Gasteiger partial charge in [0, 0.05) is 19.6 Å². The zero-order valence-electron chi connectivity index (χ0n) is 17.5. The number of sulfone groups is 1. The number of carbonyl (C=O) groups is 2. The first kappa shape index (κ1) is 22.5. The number of benzene rings is 1. The minimum absolute atomic E-state index is 0.428. The van der Waals surface area contributed by atoms with Gasteiger partial charge >= 0.3 is 0 Å². The molecule has 2 amide bonds. The fraction of sp³-hybridized carbons (Fsp3) is 0.550. The zero-order valence-corrected chi connectivity index (χ0v) is 19.1. The summed E-state index contributed by atoms with van der Waals surface area (Å²) < 4.78 is 32.8. The molecule has 0 N–H and O–H groups in total. The van der Waals surface area contributed by atoms with Gasteiger partial charge in [-0.2, -0.15) is 4.99 Å². The number of aromatic nitrogens is 1. The molecule has 0 spiro atoms. The smallest absolute Gasteiger partial charge is 0.263 e. The SMILES string of the molecule is CCn1c(=NC(=O)CS(=O)(=O)CC(=O)N2CCC(C)CC2)sc2cc(OC)ccc21. The van der Waals surface area contributed by atoms with Crippen LogP contribution in [0.2, 0.25) is 0 Å². The molecule has 1 aromatic heterocycles. The summed E-state index contributed by atoms with van der Waals surface area (Å²) in [7, 11) is -2.30. The number of hydrogen-bond acceptors (Lipinski definition) is 6. The number of methoxy groups -OCH3 is 1. The van der Waals surface area contributed by atoms with Gasteiger partial charge in [0.05, 0.1) is 17.3 Å². The Balaban J connectivity index is 1.75. The van der Waals surface area contributed by atoms with Crippen molar-refractivity contribution in [1.82, 2.24) is 9.47 Å². The van der Waals surface area contributed by atoms with Crippen LogP contribution in [0.3, 0.4) is 0 Å². The van der Waals surface area contributed by atoms with Gasteiger partial charge in [0.1, 0.15) is 17.3 Å². The number of ether oxygens (including phenoxy) is 1. The summed E-state index contributed by atoms with van der Waals surface area (Å²) in [6, 6.07) is 5.56. The number of nitrogens with zero attached hydrogens (tertiary/aromatic N) is 3. The highest BCUT2D eigenvalue weighted by atomic mass is 32.2. The van der Waals surface area contributed by atoms with Crippen molar-refractivity contribution in [3.8, 4) is 5.75 Å². The van der Waals surface area contributed by atoms with E-state index in [1.165, 1.54) is 11.3 Å². The van der Waals surface area contributed by atoms with Crippen molar-refractivity contribution in [3.63, 3.8) is 0 Å². The number of aryl methyl sites for hydroxylation is 1. The van der Waals surface area contributed by atoms with Crippen LogP contribution in [0.25, 0.3) is 10.2 Å². The lowest BCUT2D eigenvalue weighted by molar-refractivity contribution is -0.129. The highest BCUT2D eigenvalue weighted by Crippen LogP contribution is 2.23. The lowest BCUT2D eigenvalue weighted by Crippen LogP contribution is -2.41. The van der Waals surface area contributed by atoms with Crippen LogP contribution in [0.5, 0.6) is 5.75 Å².